The number of amides is 1. The highest BCUT2D eigenvalue weighted by atomic mass is 16.4. The zero-order valence-electron chi connectivity index (χ0n) is 18.1. The quantitative estimate of drug-likeness (QED) is 0.615. The van der Waals surface area contributed by atoms with Crippen molar-refractivity contribution in [3.8, 4) is 0 Å². The first-order valence-corrected chi connectivity index (χ1v) is 10.8. The number of carbonyl (C=O) groups is 2. The number of aliphatic carboxylic acids is 1. The van der Waals surface area contributed by atoms with Gasteiger partial charge in [0.1, 0.15) is 6.04 Å². The van der Waals surface area contributed by atoms with Crippen LogP contribution in [-0.4, -0.2) is 48.1 Å². The highest BCUT2D eigenvalue weighted by Gasteiger charge is 2.30. The summed E-state index contributed by atoms with van der Waals surface area (Å²) in [6.45, 7) is 4.80. The fraction of sp³-hybridized carbons (Fsp3) is 0.231. The van der Waals surface area contributed by atoms with Gasteiger partial charge in [-0.3, -0.25) is 14.5 Å². The fourth-order valence-electron chi connectivity index (χ4n) is 4.05. The van der Waals surface area contributed by atoms with Crippen molar-refractivity contribution in [2.45, 2.75) is 13.0 Å². The Kier molecular flexibility index (Phi) is 6.52. The van der Waals surface area contributed by atoms with E-state index < -0.39 is 12.0 Å². The molecule has 0 aliphatic carbocycles. The van der Waals surface area contributed by atoms with Gasteiger partial charge in [0.15, 0.2) is 0 Å². The summed E-state index contributed by atoms with van der Waals surface area (Å²) in [5.41, 5.74) is 4.35. The Balaban J connectivity index is 1.36. The van der Waals surface area contributed by atoms with Crippen LogP contribution in [0.3, 0.4) is 0 Å². The van der Waals surface area contributed by atoms with E-state index in [9.17, 15) is 14.7 Å². The van der Waals surface area contributed by atoms with Crippen molar-refractivity contribution >= 4 is 23.3 Å². The number of aryl methyl sites for hydroxylation is 1. The number of carboxylic acid groups (broad SMARTS) is 1. The second-order valence-corrected chi connectivity index (χ2v) is 8.04. The first kappa shape index (κ1) is 21.6. The monoisotopic (exact) mass is 429 g/mol. The molecule has 4 rings (SSSR count). The van der Waals surface area contributed by atoms with E-state index in [1.165, 1.54) is 0 Å². The molecule has 0 bridgehead atoms. The van der Waals surface area contributed by atoms with Crippen molar-refractivity contribution in [2.75, 3.05) is 36.4 Å². The van der Waals surface area contributed by atoms with Gasteiger partial charge in [-0.25, -0.2) is 0 Å². The average molecular weight is 430 g/mol. The van der Waals surface area contributed by atoms with Gasteiger partial charge in [-0.2, -0.15) is 0 Å². The summed E-state index contributed by atoms with van der Waals surface area (Å²) in [6.07, 6.45) is 0. The molecule has 6 heteroatoms. The number of carbonyl (C=O) groups excluding carboxylic acids is 1. The summed E-state index contributed by atoms with van der Waals surface area (Å²) in [7, 11) is 0. The van der Waals surface area contributed by atoms with Gasteiger partial charge in [0, 0.05) is 43.1 Å². The molecular weight excluding hydrogens is 402 g/mol. The van der Waals surface area contributed by atoms with Crippen LogP contribution in [0.4, 0.5) is 11.4 Å². The maximum atomic E-state index is 12.4. The molecule has 1 aliphatic rings. The second-order valence-electron chi connectivity index (χ2n) is 8.04. The molecule has 1 atom stereocenters. The molecule has 164 valence electrons. The van der Waals surface area contributed by atoms with Gasteiger partial charge in [0.05, 0.1) is 0 Å². The highest BCUT2D eigenvalue weighted by Crippen LogP contribution is 2.25. The summed E-state index contributed by atoms with van der Waals surface area (Å²) in [5, 5.41) is 12.7. The zero-order chi connectivity index (χ0) is 22.5. The van der Waals surface area contributed by atoms with Crippen LogP contribution >= 0.6 is 0 Å². The molecule has 0 aromatic heterocycles. The van der Waals surface area contributed by atoms with E-state index in [1.807, 2.05) is 90.7 Å². The molecule has 1 fully saturated rings. The van der Waals surface area contributed by atoms with Crippen LogP contribution in [0, 0.1) is 6.92 Å². The van der Waals surface area contributed by atoms with Crippen LogP contribution < -0.4 is 10.2 Å². The van der Waals surface area contributed by atoms with Crippen LogP contribution in [0.1, 0.15) is 27.5 Å². The first-order chi connectivity index (χ1) is 15.5. The number of hydrogen-bond donors (Lipinski definition) is 2. The van der Waals surface area contributed by atoms with Crippen molar-refractivity contribution in [1.82, 2.24) is 4.90 Å². The van der Waals surface area contributed by atoms with Gasteiger partial charge < -0.3 is 15.3 Å². The van der Waals surface area contributed by atoms with Gasteiger partial charge >= 0.3 is 5.97 Å². The van der Waals surface area contributed by atoms with Gasteiger partial charge in [0.2, 0.25) is 0 Å². The van der Waals surface area contributed by atoms with E-state index in [1.54, 1.807) is 0 Å². The zero-order valence-corrected chi connectivity index (χ0v) is 18.1. The predicted molar refractivity (Wildman–Crippen MR) is 126 cm³/mol. The predicted octanol–water partition coefficient (Wildman–Crippen LogP) is 4.20. The van der Waals surface area contributed by atoms with Crippen LogP contribution in [0.15, 0.2) is 78.9 Å². The third-order valence-electron chi connectivity index (χ3n) is 5.83. The summed E-state index contributed by atoms with van der Waals surface area (Å²) in [5.74, 6) is -0.953. The highest BCUT2D eigenvalue weighted by molar-refractivity contribution is 6.04. The molecule has 3 aromatic rings. The van der Waals surface area contributed by atoms with Crippen molar-refractivity contribution in [1.29, 1.82) is 0 Å². The first-order valence-electron chi connectivity index (χ1n) is 10.8. The summed E-state index contributed by atoms with van der Waals surface area (Å²) < 4.78 is 0. The molecule has 1 saturated heterocycles. The topological polar surface area (TPSA) is 72.9 Å². The Labute approximate surface area is 188 Å². The second kappa shape index (κ2) is 9.66. The fourth-order valence-corrected chi connectivity index (χ4v) is 4.05. The van der Waals surface area contributed by atoms with Gasteiger partial charge in [-0.05, 0) is 48.9 Å². The SMILES string of the molecule is Cc1ccc(C(=O)Nc2ccc(N3CCN(C(C(=O)O)c4ccccc4)CC3)cc2)cc1. The van der Waals surface area contributed by atoms with Crippen LogP contribution in [0.5, 0.6) is 0 Å². The van der Waals surface area contributed by atoms with Crippen molar-refractivity contribution in [3.63, 3.8) is 0 Å². The maximum Gasteiger partial charge on any atom is 0.325 e. The minimum Gasteiger partial charge on any atom is -0.480 e. The van der Waals surface area contributed by atoms with E-state index in [0.717, 1.165) is 35.6 Å². The Bertz CT molecular complexity index is 1060. The number of carboxylic acids is 1. The van der Waals surface area contributed by atoms with Crippen LogP contribution in [-0.2, 0) is 4.79 Å². The van der Waals surface area contributed by atoms with Gasteiger partial charge in [-0.1, -0.05) is 48.0 Å². The molecule has 1 amide bonds. The van der Waals surface area contributed by atoms with E-state index in [2.05, 4.69) is 10.2 Å². The number of nitrogens with one attached hydrogen (secondary N) is 1. The van der Waals surface area contributed by atoms with E-state index in [-0.39, 0.29) is 5.91 Å². The maximum absolute atomic E-state index is 12.4. The summed E-state index contributed by atoms with van der Waals surface area (Å²) >= 11 is 0. The summed E-state index contributed by atoms with van der Waals surface area (Å²) in [6, 6.07) is 24.0. The standard InChI is InChI=1S/C26H27N3O3/c1-19-7-9-21(10-8-19)25(30)27-22-11-13-23(14-12-22)28-15-17-29(18-16-28)24(26(31)32)20-5-3-2-4-6-20/h2-14,24H,15-18H2,1H3,(H,27,30)(H,31,32). The molecule has 1 aliphatic heterocycles. The number of nitrogens with zero attached hydrogens (tertiary/aromatic N) is 2. The minimum absolute atomic E-state index is 0.132. The number of anilines is 2. The lowest BCUT2D eigenvalue weighted by Gasteiger charge is -2.39. The molecular formula is C26H27N3O3. The normalized spacial score (nSPS) is 15.2. The van der Waals surface area contributed by atoms with Crippen LogP contribution in [0.25, 0.3) is 0 Å². The molecule has 1 heterocycles. The smallest absolute Gasteiger partial charge is 0.325 e. The number of piperazine rings is 1. The van der Waals surface area contributed by atoms with Crippen molar-refractivity contribution in [2.24, 2.45) is 0 Å². The van der Waals surface area contributed by atoms with Crippen molar-refractivity contribution < 1.29 is 14.7 Å². The number of hydrogen-bond acceptors (Lipinski definition) is 4. The van der Waals surface area contributed by atoms with Gasteiger partial charge in [-0.15, -0.1) is 0 Å². The number of rotatable bonds is 6. The molecule has 0 radical (unpaired) electrons. The summed E-state index contributed by atoms with van der Waals surface area (Å²) in [4.78, 5) is 28.6. The Morgan fingerprint density at radius 3 is 2.06 bits per heavy atom. The lowest BCUT2D eigenvalue weighted by Crippen LogP contribution is -2.49. The van der Waals surface area contributed by atoms with E-state index in [0.29, 0.717) is 18.7 Å². The molecule has 32 heavy (non-hydrogen) atoms. The Morgan fingerprint density at radius 2 is 1.47 bits per heavy atom. The molecule has 3 aromatic carbocycles. The minimum atomic E-state index is -0.821. The molecule has 0 saturated carbocycles. The molecule has 1 unspecified atom stereocenters. The lowest BCUT2D eigenvalue weighted by molar-refractivity contribution is -0.143. The largest absolute Gasteiger partial charge is 0.480 e. The lowest BCUT2D eigenvalue weighted by atomic mass is 10.0. The molecule has 0 spiro atoms. The third-order valence-corrected chi connectivity index (χ3v) is 5.83. The van der Waals surface area contributed by atoms with Gasteiger partial charge in [0.25, 0.3) is 5.91 Å². The van der Waals surface area contributed by atoms with E-state index in [4.69, 9.17) is 0 Å². The Hall–Kier alpha value is -3.64. The van der Waals surface area contributed by atoms with Crippen LogP contribution in [0.2, 0.25) is 0 Å². The Morgan fingerprint density at radius 1 is 0.844 bits per heavy atom. The molecule has 2 N–H and O–H groups in total. The van der Waals surface area contributed by atoms with Crippen molar-refractivity contribution in [3.05, 3.63) is 95.6 Å². The number of benzene rings is 3. The third kappa shape index (κ3) is 4.98. The van der Waals surface area contributed by atoms with E-state index >= 15 is 0 Å². The average Bonchev–Trinajstić information content (AvgIpc) is 2.81. The molecule has 6 nitrogen and oxygen atoms in total.